The predicted octanol–water partition coefficient (Wildman–Crippen LogP) is 2.45. The number of rotatable bonds is 4. The molecule has 1 fully saturated rings. The van der Waals surface area contributed by atoms with E-state index in [0.717, 1.165) is 51.3 Å². The van der Waals surface area contributed by atoms with Crippen molar-refractivity contribution in [2.75, 3.05) is 37.6 Å². The van der Waals surface area contributed by atoms with Gasteiger partial charge in [-0.3, -0.25) is 4.90 Å². The summed E-state index contributed by atoms with van der Waals surface area (Å²) in [5, 5.41) is 4.45. The van der Waals surface area contributed by atoms with Gasteiger partial charge in [0, 0.05) is 38.3 Å². The highest BCUT2D eigenvalue weighted by Crippen LogP contribution is 2.31. The molecule has 3 heterocycles. The van der Waals surface area contributed by atoms with Gasteiger partial charge in [-0.1, -0.05) is 42.5 Å². The Balaban J connectivity index is 1.28. The fraction of sp³-hybridized carbons (Fsp3) is 0.381. The molecular weight excluding hydrogens is 336 g/mol. The number of hydrogen-bond acceptors (Lipinski definition) is 5. The van der Waals surface area contributed by atoms with Gasteiger partial charge < -0.3 is 4.90 Å². The van der Waals surface area contributed by atoms with E-state index in [0.29, 0.717) is 0 Å². The summed E-state index contributed by atoms with van der Waals surface area (Å²) in [6, 6.07) is 10.5. The number of piperazine rings is 1. The molecule has 0 bridgehead atoms. The zero-order valence-electron chi connectivity index (χ0n) is 15.5. The van der Waals surface area contributed by atoms with Crippen molar-refractivity contribution in [1.82, 2.24) is 24.5 Å². The van der Waals surface area contributed by atoms with Crippen LogP contribution in [0.2, 0.25) is 0 Å². The molecule has 0 spiro atoms. The first-order valence-corrected chi connectivity index (χ1v) is 9.79. The van der Waals surface area contributed by atoms with Crippen LogP contribution in [-0.4, -0.2) is 57.2 Å². The summed E-state index contributed by atoms with van der Waals surface area (Å²) in [7, 11) is 0. The van der Waals surface area contributed by atoms with Crippen LogP contribution in [0, 0.1) is 0 Å². The first kappa shape index (κ1) is 16.4. The van der Waals surface area contributed by atoms with Gasteiger partial charge in [0.25, 0.3) is 5.78 Å². The molecule has 0 radical (unpaired) electrons. The van der Waals surface area contributed by atoms with Crippen molar-refractivity contribution in [3.05, 3.63) is 59.6 Å². The summed E-state index contributed by atoms with van der Waals surface area (Å²) in [6.07, 6.45) is 9.45. The smallest absolute Gasteiger partial charge is 0.254 e. The third-order valence-corrected chi connectivity index (χ3v) is 5.57. The molecule has 0 N–H and O–H groups in total. The predicted molar refractivity (Wildman–Crippen MR) is 107 cm³/mol. The molecule has 2 aromatic heterocycles. The number of hydrogen-bond donors (Lipinski definition) is 0. The fourth-order valence-corrected chi connectivity index (χ4v) is 4.17. The topological polar surface area (TPSA) is 49.6 Å². The van der Waals surface area contributed by atoms with E-state index in [4.69, 9.17) is 4.98 Å². The largest absolute Gasteiger partial charge is 0.354 e. The number of fused-ring (bicyclic) bond motifs is 2. The minimum Gasteiger partial charge on any atom is -0.354 e. The molecule has 5 rings (SSSR count). The summed E-state index contributed by atoms with van der Waals surface area (Å²) in [6.45, 7) is 5.16. The average Bonchev–Trinajstić information content (AvgIpc) is 3.36. The Morgan fingerprint density at radius 2 is 1.85 bits per heavy atom. The highest BCUT2D eigenvalue weighted by atomic mass is 15.4. The second-order valence-electron chi connectivity index (χ2n) is 7.29. The van der Waals surface area contributed by atoms with E-state index in [1.54, 1.807) is 6.33 Å². The summed E-state index contributed by atoms with van der Waals surface area (Å²) in [5.41, 5.74) is 3.86. The van der Waals surface area contributed by atoms with Crippen molar-refractivity contribution in [2.45, 2.75) is 19.3 Å². The van der Waals surface area contributed by atoms with Crippen molar-refractivity contribution in [3.8, 4) is 0 Å². The molecule has 1 aromatic carbocycles. The van der Waals surface area contributed by atoms with Gasteiger partial charge >= 0.3 is 0 Å². The van der Waals surface area contributed by atoms with E-state index in [1.807, 2.05) is 4.52 Å². The zero-order valence-corrected chi connectivity index (χ0v) is 15.5. The van der Waals surface area contributed by atoms with E-state index in [1.165, 1.54) is 29.1 Å². The maximum atomic E-state index is 4.70. The normalized spacial score (nSPS) is 17.9. The Kier molecular flexibility index (Phi) is 4.33. The fourth-order valence-electron chi connectivity index (χ4n) is 4.17. The Hall–Kier alpha value is -2.73. The monoisotopic (exact) mass is 360 g/mol. The van der Waals surface area contributed by atoms with E-state index in [9.17, 15) is 0 Å². The van der Waals surface area contributed by atoms with Gasteiger partial charge in [-0.2, -0.15) is 14.6 Å². The quantitative estimate of drug-likeness (QED) is 0.715. The highest BCUT2D eigenvalue weighted by Gasteiger charge is 2.26. The lowest BCUT2D eigenvalue weighted by molar-refractivity contribution is 0.283. The van der Waals surface area contributed by atoms with Crippen LogP contribution >= 0.6 is 0 Å². The number of aryl methyl sites for hydroxylation is 1. The Morgan fingerprint density at radius 1 is 1.00 bits per heavy atom. The van der Waals surface area contributed by atoms with Gasteiger partial charge in [0.2, 0.25) is 0 Å². The molecule has 0 atom stereocenters. The molecule has 6 heteroatoms. The van der Waals surface area contributed by atoms with E-state index in [-0.39, 0.29) is 0 Å². The molecular formula is C21H24N6. The number of aromatic nitrogens is 4. The molecule has 1 saturated heterocycles. The second kappa shape index (κ2) is 7.12. The third-order valence-electron chi connectivity index (χ3n) is 5.57. The minimum atomic E-state index is 0.735. The number of anilines is 1. The Morgan fingerprint density at radius 3 is 2.70 bits per heavy atom. The highest BCUT2D eigenvalue weighted by molar-refractivity contribution is 5.56. The van der Waals surface area contributed by atoms with Crippen molar-refractivity contribution in [3.63, 3.8) is 0 Å². The maximum absolute atomic E-state index is 4.70. The van der Waals surface area contributed by atoms with Crippen LogP contribution in [0.5, 0.6) is 0 Å². The first-order valence-electron chi connectivity index (χ1n) is 9.79. The van der Waals surface area contributed by atoms with Gasteiger partial charge in [-0.25, -0.2) is 4.98 Å². The van der Waals surface area contributed by atoms with Crippen LogP contribution in [0.4, 0.5) is 5.82 Å². The van der Waals surface area contributed by atoms with Crippen molar-refractivity contribution in [2.24, 2.45) is 0 Å². The van der Waals surface area contributed by atoms with Crippen LogP contribution in [-0.2, 0) is 12.8 Å². The van der Waals surface area contributed by atoms with Gasteiger partial charge in [0.1, 0.15) is 12.1 Å². The molecule has 27 heavy (non-hydrogen) atoms. The molecule has 1 aliphatic carbocycles. The Bertz CT molecular complexity index is 953. The number of benzene rings is 1. The molecule has 2 aliphatic rings. The summed E-state index contributed by atoms with van der Waals surface area (Å²) >= 11 is 0. The molecule has 0 unspecified atom stereocenters. The van der Waals surface area contributed by atoms with E-state index >= 15 is 0 Å². The molecule has 138 valence electrons. The van der Waals surface area contributed by atoms with Crippen molar-refractivity contribution >= 4 is 17.7 Å². The van der Waals surface area contributed by atoms with E-state index < -0.39 is 0 Å². The van der Waals surface area contributed by atoms with Gasteiger partial charge in [-0.15, -0.1) is 0 Å². The first-order chi connectivity index (χ1) is 13.4. The van der Waals surface area contributed by atoms with Crippen LogP contribution in [0.25, 0.3) is 11.9 Å². The summed E-state index contributed by atoms with van der Waals surface area (Å²) in [5.74, 6) is 1.96. The van der Waals surface area contributed by atoms with Crippen molar-refractivity contribution < 1.29 is 0 Å². The van der Waals surface area contributed by atoms with Gasteiger partial charge in [0.05, 0.1) is 5.69 Å². The number of nitrogens with zero attached hydrogens (tertiary/aromatic N) is 6. The van der Waals surface area contributed by atoms with E-state index in [2.05, 4.69) is 62.4 Å². The minimum absolute atomic E-state index is 0.735. The van der Waals surface area contributed by atoms with Crippen LogP contribution < -0.4 is 4.90 Å². The summed E-state index contributed by atoms with van der Waals surface area (Å²) in [4.78, 5) is 14.0. The molecule has 3 aromatic rings. The Labute approximate surface area is 159 Å². The third kappa shape index (κ3) is 3.21. The second-order valence-corrected chi connectivity index (χ2v) is 7.29. The van der Waals surface area contributed by atoms with Crippen molar-refractivity contribution in [1.29, 1.82) is 0 Å². The average molecular weight is 360 g/mol. The van der Waals surface area contributed by atoms with Crippen LogP contribution in [0.15, 0.2) is 42.7 Å². The standard InChI is InChI=1S/C21H24N6/c1-2-6-17(7-3-1)8-5-11-25-12-14-26(15-13-25)20-18-9-4-10-19(18)24-21-22-16-23-27(20)21/h1-3,5-8,16H,4,9-15H2/b8-5+. The zero-order chi connectivity index (χ0) is 18.1. The summed E-state index contributed by atoms with van der Waals surface area (Å²) < 4.78 is 1.94. The lowest BCUT2D eigenvalue weighted by Gasteiger charge is -2.36. The lowest BCUT2D eigenvalue weighted by Crippen LogP contribution is -2.47. The molecule has 0 amide bonds. The van der Waals surface area contributed by atoms with Crippen LogP contribution in [0.1, 0.15) is 23.2 Å². The SMILES string of the molecule is C(=C\c1ccccc1)/CN1CCN(c2c3c(nc4ncnn24)CCC3)CC1. The maximum Gasteiger partial charge on any atom is 0.254 e. The van der Waals surface area contributed by atoms with Gasteiger partial charge in [0.15, 0.2) is 0 Å². The van der Waals surface area contributed by atoms with Crippen LogP contribution in [0.3, 0.4) is 0 Å². The van der Waals surface area contributed by atoms with Gasteiger partial charge in [-0.05, 0) is 24.8 Å². The molecule has 1 aliphatic heterocycles. The molecule has 0 saturated carbocycles. The lowest BCUT2D eigenvalue weighted by atomic mass is 10.2. The molecule has 6 nitrogen and oxygen atoms in total.